The molecule has 4 rings (SSSR count). The number of amides is 2. The summed E-state index contributed by atoms with van der Waals surface area (Å²) in [7, 11) is 0. The lowest BCUT2D eigenvalue weighted by Crippen LogP contribution is -2.37. The van der Waals surface area contributed by atoms with Gasteiger partial charge in [0.2, 0.25) is 0 Å². The van der Waals surface area contributed by atoms with Gasteiger partial charge in [-0.25, -0.2) is 4.79 Å². The maximum absolute atomic E-state index is 12.7. The molecule has 2 aromatic heterocycles. The summed E-state index contributed by atoms with van der Waals surface area (Å²) in [5.74, 6) is 2.53. The van der Waals surface area contributed by atoms with Crippen LogP contribution in [0, 0.1) is 13.8 Å². The van der Waals surface area contributed by atoms with E-state index in [1.165, 1.54) is 5.56 Å². The van der Waals surface area contributed by atoms with Crippen molar-refractivity contribution >= 4 is 11.7 Å². The van der Waals surface area contributed by atoms with Crippen LogP contribution in [0.3, 0.4) is 0 Å². The number of aryl methyl sites for hydroxylation is 4. The zero-order valence-corrected chi connectivity index (χ0v) is 16.2. The Kier molecular flexibility index (Phi) is 5.10. The smallest absolute Gasteiger partial charge is 0.322 e. The lowest BCUT2D eigenvalue weighted by atomic mass is 10.1. The van der Waals surface area contributed by atoms with E-state index in [0.717, 1.165) is 24.5 Å². The summed E-state index contributed by atoms with van der Waals surface area (Å²) in [4.78, 5) is 14.5. The first kappa shape index (κ1) is 18.2. The number of anilines is 1. The molecule has 8 heteroatoms. The first-order chi connectivity index (χ1) is 13.6. The minimum atomic E-state index is -0.140. The number of nitrogens with one attached hydrogen (secondary N) is 1. The van der Waals surface area contributed by atoms with Crippen molar-refractivity contribution in [2.75, 3.05) is 18.4 Å². The van der Waals surface area contributed by atoms with Crippen LogP contribution < -0.4 is 5.32 Å². The average Bonchev–Trinajstić information content (AvgIpc) is 3.16. The van der Waals surface area contributed by atoms with Gasteiger partial charge in [-0.1, -0.05) is 35.5 Å². The molecule has 8 nitrogen and oxygen atoms in total. The van der Waals surface area contributed by atoms with Crippen molar-refractivity contribution in [3.63, 3.8) is 0 Å². The number of urea groups is 1. The molecule has 1 N–H and O–H groups in total. The summed E-state index contributed by atoms with van der Waals surface area (Å²) in [6.07, 6.45) is 2.45. The first-order valence-corrected chi connectivity index (χ1v) is 9.55. The Labute approximate surface area is 163 Å². The van der Waals surface area contributed by atoms with Gasteiger partial charge in [0.05, 0.1) is 0 Å². The van der Waals surface area contributed by atoms with Crippen molar-refractivity contribution in [3.05, 3.63) is 59.0 Å². The van der Waals surface area contributed by atoms with Crippen LogP contribution in [0.2, 0.25) is 0 Å². The fourth-order valence-electron chi connectivity index (χ4n) is 3.52. The topological polar surface area (TPSA) is 89.1 Å². The fraction of sp³-hybridized carbons (Fsp3) is 0.400. The molecule has 1 aliphatic rings. The molecule has 0 fully saturated rings. The van der Waals surface area contributed by atoms with Crippen LogP contribution in [-0.4, -0.2) is 43.9 Å². The van der Waals surface area contributed by atoms with Gasteiger partial charge in [-0.15, -0.1) is 10.2 Å². The third kappa shape index (κ3) is 3.76. The number of carbonyl (C=O) groups excluding carboxylic acids is 1. The van der Waals surface area contributed by atoms with Crippen LogP contribution in [0.1, 0.15) is 28.7 Å². The Hall–Kier alpha value is -3.16. The maximum Gasteiger partial charge on any atom is 0.322 e. The predicted octanol–water partition coefficient (Wildman–Crippen LogP) is 2.76. The van der Waals surface area contributed by atoms with Gasteiger partial charge < -0.3 is 19.3 Å². The average molecular weight is 380 g/mol. The number of carbonyl (C=O) groups is 1. The number of hydrogen-bond donors (Lipinski definition) is 1. The number of hydrogen-bond acceptors (Lipinski definition) is 5. The molecule has 146 valence electrons. The van der Waals surface area contributed by atoms with Crippen molar-refractivity contribution in [3.8, 4) is 0 Å². The van der Waals surface area contributed by atoms with Gasteiger partial charge >= 0.3 is 6.03 Å². The maximum atomic E-state index is 12.7. The quantitative estimate of drug-likeness (QED) is 0.752. The fourth-order valence-corrected chi connectivity index (χ4v) is 3.52. The summed E-state index contributed by atoms with van der Waals surface area (Å²) in [6.45, 7) is 5.51. The molecule has 0 atom stereocenters. The Morgan fingerprint density at radius 2 is 1.93 bits per heavy atom. The first-order valence-electron chi connectivity index (χ1n) is 9.55. The summed E-state index contributed by atoms with van der Waals surface area (Å²) >= 11 is 0. The van der Waals surface area contributed by atoms with Crippen LogP contribution in [0.5, 0.6) is 0 Å². The minimum absolute atomic E-state index is 0.140. The van der Waals surface area contributed by atoms with Crippen molar-refractivity contribution in [1.29, 1.82) is 0 Å². The SMILES string of the molecule is Cc1noc(C)c1NC(=O)N1CCc2nnc(CCc3ccccc3)n2CC1. The van der Waals surface area contributed by atoms with Gasteiger partial charge in [0.25, 0.3) is 0 Å². The number of benzene rings is 1. The van der Waals surface area contributed by atoms with Crippen LogP contribution in [0.15, 0.2) is 34.9 Å². The predicted molar refractivity (Wildman–Crippen MR) is 104 cm³/mol. The molecule has 1 aromatic carbocycles. The largest absolute Gasteiger partial charge is 0.359 e. The van der Waals surface area contributed by atoms with Crippen molar-refractivity contribution in [1.82, 2.24) is 24.8 Å². The van der Waals surface area contributed by atoms with E-state index in [1.807, 2.05) is 17.9 Å². The third-order valence-electron chi connectivity index (χ3n) is 5.14. The molecular weight excluding hydrogens is 356 g/mol. The number of rotatable bonds is 4. The molecule has 3 aromatic rings. The van der Waals surface area contributed by atoms with Crippen LogP contribution in [0.4, 0.5) is 10.5 Å². The third-order valence-corrected chi connectivity index (χ3v) is 5.14. The van der Waals surface area contributed by atoms with E-state index in [0.29, 0.717) is 43.2 Å². The second-order valence-electron chi connectivity index (χ2n) is 7.04. The van der Waals surface area contributed by atoms with Gasteiger partial charge in [-0.3, -0.25) is 0 Å². The molecule has 0 saturated heterocycles. The van der Waals surface area contributed by atoms with Crippen LogP contribution in [-0.2, 0) is 25.8 Å². The molecule has 0 spiro atoms. The van der Waals surface area contributed by atoms with Crippen molar-refractivity contribution in [2.45, 2.75) is 39.7 Å². The van der Waals surface area contributed by atoms with E-state index in [2.05, 4.69) is 49.5 Å². The minimum Gasteiger partial charge on any atom is -0.359 e. The second kappa shape index (κ2) is 7.84. The highest BCUT2D eigenvalue weighted by Crippen LogP contribution is 2.20. The molecule has 0 unspecified atom stereocenters. The highest BCUT2D eigenvalue weighted by molar-refractivity contribution is 5.90. The van der Waals surface area contributed by atoms with Gasteiger partial charge in [0.15, 0.2) is 5.76 Å². The number of aromatic nitrogens is 4. The summed E-state index contributed by atoms with van der Waals surface area (Å²) < 4.78 is 7.28. The van der Waals surface area contributed by atoms with Gasteiger partial charge in [0, 0.05) is 32.5 Å². The lowest BCUT2D eigenvalue weighted by molar-refractivity contribution is 0.212. The summed E-state index contributed by atoms with van der Waals surface area (Å²) in [5, 5.41) is 15.5. The highest BCUT2D eigenvalue weighted by atomic mass is 16.5. The van der Waals surface area contributed by atoms with Crippen LogP contribution in [0.25, 0.3) is 0 Å². The lowest BCUT2D eigenvalue weighted by Gasteiger charge is -2.20. The molecule has 2 amide bonds. The number of fused-ring (bicyclic) bond motifs is 1. The Bertz CT molecular complexity index is 943. The van der Waals surface area contributed by atoms with Gasteiger partial charge in [-0.2, -0.15) is 0 Å². The van der Waals surface area contributed by atoms with Crippen molar-refractivity contribution < 1.29 is 9.32 Å². The zero-order chi connectivity index (χ0) is 19.5. The van der Waals surface area contributed by atoms with Crippen LogP contribution >= 0.6 is 0 Å². The van der Waals surface area contributed by atoms with E-state index in [-0.39, 0.29) is 6.03 Å². The molecule has 1 aliphatic heterocycles. The monoisotopic (exact) mass is 380 g/mol. The summed E-state index contributed by atoms with van der Waals surface area (Å²) in [5.41, 5.74) is 2.62. The summed E-state index contributed by atoms with van der Waals surface area (Å²) in [6, 6.07) is 10.2. The molecule has 0 saturated carbocycles. The molecule has 3 heterocycles. The standard InChI is InChI=1S/C20H24N6O2/c1-14-19(15(2)28-24-14)21-20(27)25-11-10-18-23-22-17(26(18)13-12-25)9-8-16-6-4-3-5-7-16/h3-7H,8-13H2,1-2H3,(H,21,27). The highest BCUT2D eigenvalue weighted by Gasteiger charge is 2.23. The van der Waals surface area contributed by atoms with Gasteiger partial charge in [-0.05, 0) is 25.8 Å². The Morgan fingerprint density at radius 1 is 1.11 bits per heavy atom. The second-order valence-corrected chi connectivity index (χ2v) is 7.04. The van der Waals surface area contributed by atoms with Crippen molar-refractivity contribution in [2.24, 2.45) is 0 Å². The normalized spacial score (nSPS) is 13.9. The molecule has 0 radical (unpaired) electrons. The van der Waals surface area contributed by atoms with Gasteiger partial charge in [0.1, 0.15) is 23.0 Å². The molecule has 28 heavy (non-hydrogen) atoms. The Balaban J connectivity index is 1.40. The van der Waals surface area contributed by atoms with E-state index in [9.17, 15) is 4.79 Å². The van der Waals surface area contributed by atoms with E-state index in [4.69, 9.17) is 4.52 Å². The molecule has 0 bridgehead atoms. The van der Waals surface area contributed by atoms with E-state index < -0.39 is 0 Å². The zero-order valence-electron chi connectivity index (χ0n) is 16.2. The van der Waals surface area contributed by atoms with E-state index in [1.54, 1.807) is 6.92 Å². The number of nitrogens with zero attached hydrogens (tertiary/aromatic N) is 5. The Morgan fingerprint density at radius 3 is 2.68 bits per heavy atom. The molecular formula is C20H24N6O2. The van der Waals surface area contributed by atoms with E-state index >= 15 is 0 Å². The molecule has 0 aliphatic carbocycles.